The molecule has 19 heavy (non-hydrogen) atoms. The first-order chi connectivity index (χ1) is 9.11. The molecule has 0 saturated carbocycles. The second-order valence-corrected chi connectivity index (χ2v) is 4.22. The Balaban J connectivity index is 2.36. The lowest BCUT2D eigenvalue weighted by Gasteiger charge is -2.17. The van der Waals surface area contributed by atoms with Crippen LogP contribution in [0.5, 0.6) is 17.2 Å². The fourth-order valence-corrected chi connectivity index (χ4v) is 1.87. The molecule has 2 aromatic rings. The van der Waals surface area contributed by atoms with E-state index in [0.717, 1.165) is 5.56 Å². The monoisotopic (exact) mass is 261 g/mol. The standard InChI is InChI=1S/C15H16FNO2/c1-10(17)15-13(18-2)4-3-5-14(15)19-12-8-6-11(16)7-9-12/h3-10H,17H2,1-2H3/t10-/m0/s1. The minimum Gasteiger partial charge on any atom is -0.496 e. The highest BCUT2D eigenvalue weighted by Crippen LogP contribution is 2.35. The lowest BCUT2D eigenvalue weighted by molar-refractivity contribution is 0.397. The first-order valence-corrected chi connectivity index (χ1v) is 5.97. The second-order valence-electron chi connectivity index (χ2n) is 4.22. The number of ether oxygens (including phenoxy) is 2. The summed E-state index contributed by atoms with van der Waals surface area (Å²) >= 11 is 0. The summed E-state index contributed by atoms with van der Waals surface area (Å²) in [6, 6.07) is 11.1. The van der Waals surface area contributed by atoms with Gasteiger partial charge in [-0.05, 0) is 43.3 Å². The predicted molar refractivity (Wildman–Crippen MR) is 72.1 cm³/mol. The van der Waals surface area contributed by atoms with Gasteiger partial charge in [-0.15, -0.1) is 0 Å². The van der Waals surface area contributed by atoms with Crippen LogP contribution in [0.25, 0.3) is 0 Å². The van der Waals surface area contributed by atoms with E-state index in [1.165, 1.54) is 12.1 Å². The molecule has 0 aliphatic carbocycles. The van der Waals surface area contributed by atoms with Gasteiger partial charge in [0.2, 0.25) is 0 Å². The molecule has 2 rings (SSSR count). The fraction of sp³-hybridized carbons (Fsp3) is 0.200. The summed E-state index contributed by atoms with van der Waals surface area (Å²) in [7, 11) is 1.59. The van der Waals surface area contributed by atoms with Gasteiger partial charge < -0.3 is 15.2 Å². The first-order valence-electron chi connectivity index (χ1n) is 5.97. The molecular weight excluding hydrogens is 245 g/mol. The molecule has 2 N–H and O–H groups in total. The quantitative estimate of drug-likeness (QED) is 0.913. The molecule has 4 heteroatoms. The summed E-state index contributed by atoms with van der Waals surface area (Å²) < 4.78 is 23.9. The molecule has 0 fully saturated rings. The molecular formula is C15H16FNO2. The van der Waals surface area contributed by atoms with Gasteiger partial charge in [0.15, 0.2) is 0 Å². The van der Waals surface area contributed by atoms with Crippen LogP contribution >= 0.6 is 0 Å². The third kappa shape index (κ3) is 3.03. The third-order valence-corrected chi connectivity index (χ3v) is 2.74. The molecule has 0 bridgehead atoms. The Morgan fingerprint density at radius 2 is 1.68 bits per heavy atom. The van der Waals surface area contributed by atoms with E-state index in [1.54, 1.807) is 19.2 Å². The summed E-state index contributed by atoms with van der Waals surface area (Å²) in [5.41, 5.74) is 6.74. The molecule has 0 spiro atoms. The average molecular weight is 261 g/mol. The van der Waals surface area contributed by atoms with Crippen molar-refractivity contribution in [3.05, 3.63) is 53.8 Å². The molecule has 0 saturated heterocycles. The van der Waals surface area contributed by atoms with Crippen LogP contribution in [-0.4, -0.2) is 7.11 Å². The Morgan fingerprint density at radius 1 is 1.05 bits per heavy atom. The van der Waals surface area contributed by atoms with Crippen LogP contribution in [0.3, 0.4) is 0 Å². The third-order valence-electron chi connectivity index (χ3n) is 2.74. The van der Waals surface area contributed by atoms with E-state index in [9.17, 15) is 4.39 Å². The van der Waals surface area contributed by atoms with Crippen molar-refractivity contribution in [3.8, 4) is 17.2 Å². The first kappa shape index (κ1) is 13.4. The van der Waals surface area contributed by atoms with Gasteiger partial charge in [0.25, 0.3) is 0 Å². The Kier molecular flexibility index (Phi) is 4.02. The number of halogens is 1. The van der Waals surface area contributed by atoms with Crippen molar-refractivity contribution in [1.82, 2.24) is 0 Å². The van der Waals surface area contributed by atoms with Gasteiger partial charge in [0.05, 0.1) is 12.7 Å². The van der Waals surface area contributed by atoms with Gasteiger partial charge in [-0.1, -0.05) is 6.07 Å². The zero-order valence-electron chi connectivity index (χ0n) is 10.9. The predicted octanol–water partition coefficient (Wildman–Crippen LogP) is 3.65. The SMILES string of the molecule is COc1cccc(Oc2ccc(F)cc2)c1[C@H](C)N. The number of hydrogen-bond acceptors (Lipinski definition) is 3. The van der Waals surface area contributed by atoms with Crippen LogP contribution in [0.4, 0.5) is 4.39 Å². The van der Waals surface area contributed by atoms with Crippen molar-refractivity contribution in [2.45, 2.75) is 13.0 Å². The van der Waals surface area contributed by atoms with Gasteiger partial charge in [-0.25, -0.2) is 4.39 Å². The minimum absolute atomic E-state index is 0.230. The zero-order valence-corrected chi connectivity index (χ0v) is 10.9. The highest BCUT2D eigenvalue weighted by atomic mass is 19.1. The van der Waals surface area contributed by atoms with Gasteiger partial charge in [-0.3, -0.25) is 0 Å². The summed E-state index contributed by atoms with van der Waals surface area (Å²) in [5, 5.41) is 0. The highest BCUT2D eigenvalue weighted by Gasteiger charge is 2.14. The van der Waals surface area contributed by atoms with Crippen molar-refractivity contribution in [2.75, 3.05) is 7.11 Å². The van der Waals surface area contributed by atoms with Crippen molar-refractivity contribution < 1.29 is 13.9 Å². The molecule has 0 amide bonds. The summed E-state index contributed by atoms with van der Waals surface area (Å²) in [6.45, 7) is 1.86. The van der Waals surface area contributed by atoms with Crippen LogP contribution in [0.2, 0.25) is 0 Å². The maximum Gasteiger partial charge on any atom is 0.135 e. The summed E-state index contributed by atoms with van der Waals surface area (Å²) in [5.74, 6) is 1.54. The normalized spacial score (nSPS) is 12.0. The van der Waals surface area contributed by atoms with E-state index in [4.69, 9.17) is 15.2 Å². The lowest BCUT2D eigenvalue weighted by Crippen LogP contribution is -2.08. The van der Waals surface area contributed by atoms with Gasteiger partial charge in [0, 0.05) is 6.04 Å². The minimum atomic E-state index is -0.301. The molecule has 0 aromatic heterocycles. The van der Waals surface area contributed by atoms with E-state index in [2.05, 4.69) is 0 Å². The molecule has 2 aromatic carbocycles. The Hall–Kier alpha value is -2.07. The van der Waals surface area contributed by atoms with Gasteiger partial charge in [-0.2, -0.15) is 0 Å². The Morgan fingerprint density at radius 3 is 2.26 bits per heavy atom. The van der Waals surface area contributed by atoms with E-state index in [-0.39, 0.29) is 11.9 Å². The molecule has 0 unspecified atom stereocenters. The van der Waals surface area contributed by atoms with Gasteiger partial charge >= 0.3 is 0 Å². The van der Waals surface area contributed by atoms with E-state index >= 15 is 0 Å². The largest absolute Gasteiger partial charge is 0.496 e. The molecule has 0 heterocycles. The smallest absolute Gasteiger partial charge is 0.135 e. The molecule has 0 aliphatic heterocycles. The summed E-state index contributed by atoms with van der Waals surface area (Å²) in [4.78, 5) is 0. The maximum absolute atomic E-state index is 12.9. The number of benzene rings is 2. The van der Waals surface area contributed by atoms with Crippen molar-refractivity contribution in [3.63, 3.8) is 0 Å². The van der Waals surface area contributed by atoms with Crippen LogP contribution in [0.1, 0.15) is 18.5 Å². The van der Waals surface area contributed by atoms with Crippen LogP contribution in [0, 0.1) is 5.82 Å². The topological polar surface area (TPSA) is 44.5 Å². The number of rotatable bonds is 4. The molecule has 1 atom stereocenters. The fourth-order valence-electron chi connectivity index (χ4n) is 1.87. The molecule has 0 radical (unpaired) electrons. The zero-order chi connectivity index (χ0) is 13.8. The maximum atomic E-state index is 12.9. The van der Waals surface area contributed by atoms with Crippen molar-refractivity contribution in [1.29, 1.82) is 0 Å². The molecule has 100 valence electrons. The van der Waals surface area contributed by atoms with E-state index < -0.39 is 0 Å². The molecule has 0 aliphatic rings. The van der Waals surface area contributed by atoms with Gasteiger partial charge in [0.1, 0.15) is 23.1 Å². The lowest BCUT2D eigenvalue weighted by atomic mass is 10.1. The van der Waals surface area contributed by atoms with Crippen molar-refractivity contribution >= 4 is 0 Å². The average Bonchev–Trinajstić information content (AvgIpc) is 2.40. The number of methoxy groups -OCH3 is 1. The molecule has 3 nitrogen and oxygen atoms in total. The second kappa shape index (κ2) is 5.71. The van der Waals surface area contributed by atoms with Crippen molar-refractivity contribution in [2.24, 2.45) is 5.73 Å². The van der Waals surface area contributed by atoms with E-state index in [1.807, 2.05) is 25.1 Å². The van der Waals surface area contributed by atoms with E-state index in [0.29, 0.717) is 17.2 Å². The number of nitrogens with two attached hydrogens (primary N) is 1. The Labute approximate surface area is 111 Å². The Bertz CT molecular complexity index is 553. The summed E-state index contributed by atoms with van der Waals surface area (Å²) in [6.07, 6.45) is 0. The van der Waals surface area contributed by atoms with Crippen LogP contribution in [-0.2, 0) is 0 Å². The highest BCUT2D eigenvalue weighted by molar-refractivity contribution is 5.48. The van der Waals surface area contributed by atoms with Crippen LogP contribution in [0.15, 0.2) is 42.5 Å². The van der Waals surface area contributed by atoms with Crippen LogP contribution < -0.4 is 15.2 Å². The number of hydrogen-bond donors (Lipinski definition) is 1.